The second-order valence-corrected chi connectivity index (χ2v) is 15.7. The van der Waals surface area contributed by atoms with E-state index in [-0.39, 0.29) is 23.3 Å². The Balaban J connectivity index is 1.05. The van der Waals surface area contributed by atoms with Crippen LogP contribution in [0.3, 0.4) is 0 Å². The van der Waals surface area contributed by atoms with Crippen molar-refractivity contribution in [3.63, 3.8) is 0 Å². The molecule has 252 valence electrons. The van der Waals surface area contributed by atoms with Crippen LogP contribution in [0.25, 0.3) is 28.1 Å². The Bertz CT molecular complexity index is 1970. The zero-order valence-corrected chi connectivity index (χ0v) is 28.1. The standard InChI is InChI=1S/C37H44FN7O3/c1-22(40-34(47)36-17-37(38,18-36)19-36)27-8-7-25-13-28(44(32(25)41-27)16-24-5-6-24)31-23(2)45-29(42-31)14-26(15-30(45)48-3)33(46)43-12-10-35(21-43)9-4-11-39-20-35/h7-8,13-15,22,24,39H,4-6,9-12,16-21H2,1-3H3,(H,40,47)/t22-,35?,36?,37?/m1/s1. The van der Waals surface area contributed by atoms with E-state index in [2.05, 4.69) is 27.3 Å². The fourth-order valence-corrected chi connectivity index (χ4v) is 9.11. The number of hydrogen-bond donors (Lipinski definition) is 2. The molecule has 2 saturated heterocycles. The molecule has 6 fully saturated rings. The van der Waals surface area contributed by atoms with Crippen molar-refractivity contribution in [2.24, 2.45) is 16.7 Å². The van der Waals surface area contributed by atoms with Gasteiger partial charge in [0.1, 0.15) is 22.7 Å². The van der Waals surface area contributed by atoms with Crippen molar-refractivity contribution in [3.8, 4) is 17.3 Å². The van der Waals surface area contributed by atoms with Gasteiger partial charge in [-0.15, -0.1) is 0 Å². The number of nitrogens with one attached hydrogen (secondary N) is 2. The number of aromatic nitrogens is 4. The number of hydrogen-bond acceptors (Lipinski definition) is 6. The molecule has 2 bridgehead atoms. The van der Waals surface area contributed by atoms with Gasteiger partial charge in [0.05, 0.1) is 35.6 Å². The number of halogens is 1. The molecule has 48 heavy (non-hydrogen) atoms. The maximum Gasteiger partial charge on any atom is 0.254 e. The lowest BCUT2D eigenvalue weighted by Crippen LogP contribution is -2.70. The van der Waals surface area contributed by atoms with E-state index in [9.17, 15) is 14.0 Å². The molecule has 11 heteroatoms. The molecule has 4 aliphatic carbocycles. The summed E-state index contributed by atoms with van der Waals surface area (Å²) in [7, 11) is 1.64. The average molecular weight is 654 g/mol. The van der Waals surface area contributed by atoms with Crippen molar-refractivity contribution >= 4 is 28.5 Å². The summed E-state index contributed by atoms with van der Waals surface area (Å²) in [6.45, 7) is 8.40. The number of fused-ring (bicyclic) bond motifs is 2. The summed E-state index contributed by atoms with van der Waals surface area (Å²) < 4.78 is 24.2. The quantitative estimate of drug-likeness (QED) is 0.265. The number of carbonyl (C=O) groups excluding carboxylic acids is 2. The number of rotatable bonds is 8. The Labute approximate surface area is 279 Å². The average Bonchev–Trinajstić information content (AvgIpc) is 3.55. The predicted octanol–water partition coefficient (Wildman–Crippen LogP) is 5.36. The Kier molecular flexibility index (Phi) is 6.59. The minimum Gasteiger partial charge on any atom is -0.482 e. The van der Waals surface area contributed by atoms with E-state index in [1.54, 1.807) is 7.11 Å². The molecule has 1 spiro atoms. The van der Waals surface area contributed by atoms with Gasteiger partial charge in [-0.2, -0.15) is 0 Å². The van der Waals surface area contributed by atoms with Gasteiger partial charge in [0.15, 0.2) is 5.88 Å². The molecule has 2 N–H and O–H groups in total. The van der Waals surface area contributed by atoms with Crippen LogP contribution in [0.5, 0.6) is 5.88 Å². The van der Waals surface area contributed by atoms with Gasteiger partial charge in [0.2, 0.25) is 5.91 Å². The lowest BCUT2D eigenvalue weighted by atomic mass is 9.42. The Morgan fingerprint density at radius 1 is 1.15 bits per heavy atom. The summed E-state index contributed by atoms with van der Waals surface area (Å²) in [6, 6.07) is 9.64. The predicted molar refractivity (Wildman–Crippen MR) is 180 cm³/mol. The number of likely N-dealkylation sites (tertiary alicyclic amines) is 1. The number of pyridine rings is 2. The van der Waals surface area contributed by atoms with Gasteiger partial charge in [0, 0.05) is 48.6 Å². The number of methoxy groups -OCH3 is 1. The van der Waals surface area contributed by atoms with E-state index >= 15 is 0 Å². The van der Waals surface area contributed by atoms with E-state index in [0.29, 0.717) is 42.3 Å². The second-order valence-electron chi connectivity index (χ2n) is 15.7. The van der Waals surface area contributed by atoms with Crippen molar-refractivity contribution < 1.29 is 18.7 Å². The Morgan fingerprint density at radius 2 is 1.96 bits per heavy atom. The highest BCUT2D eigenvalue weighted by molar-refractivity contribution is 5.96. The molecule has 4 aromatic heterocycles. The lowest BCUT2D eigenvalue weighted by molar-refractivity contribution is -0.214. The lowest BCUT2D eigenvalue weighted by Gasteiger charge is -2.64. The van der Waals surface area contributed by atoms with Crippen molar-refractivity contribution in [2.45, 2.75) is 83.5 Å². The van der Waals surface area contributed by atoms with Crippen LogP contribution < -0.4 is 15.4 Å². The van der Waals surface area contributed by atoms with Crippen LogP contribution in [0.2, 0.25) is 0 Å². The summed E-state index contributed by atoms with van der Waals surface area (Å²) in [4.78, 5) is 39.1. The minimum absolute atomic E-state index is 0.0273. The SMILES string of the molecule is COc1cc(C(=O)N2CCC3(CCCNC3)C2)cc2nc(-c3cc4ccc([C@@H](C)NC(=O)C56CC(F)(C5)C6)nc4n3CC3CC3)c(C)n12. The van der Waals surface area contributed by atoms with Gasteiger partial charge in [-0.05, 0) is 102 Å². The van der Waals surface area contributed by atoms with Gasteiger partial charge in [-0.3, -0.25) is 14.0 Å². The molecule has 0 aromatic carbocycles. The molecule has 4 saturated carbocycles. The van der Waals surface area contributed by atoms with E-state index in [0.717, 1.165) is 85.8 Å². The van der Waals surface area contributed by atoms with E-state index < -0.39 is 11.1 Å². The highest BCUT2D eigenvalue weighted by Gasteiger charge is 2.72. The number of ether oxygens (including phenoxy) is 1. The van der Waals surface area contributed by atoms with Crippen LogP contribution in [0.15, 0.2) is 30.3 Å². The largest absolute Gasteiger partial charge is 0.482 e. The molecule has 4 aromatic rings. The molecule has 2 aliphatic heterocycles. The summed E-state index contributed by atoms with van der Waals surface area (Å²) >= 11 is 0. The molecule has 10 nitrogen and oxygen atoms in total. The monoisotopic (exact) mass is 653 g/mol. The molecule has 2 amide bonds. The first-order chi connectivity index (χ1) is 23.1. The summed E-state index contributed by atoms with van der Waals surface area (Å²) in [5.74, 6) is 1.13. The third kappa shape index (κ3) is 4.67. The van der Waals surface area contributed by atoms with Crippen molar-refractivity contribution in [3.05, 3.63) is 47.3 Å². The molecular weight excluding hydrogens is 609 g/mol. The first-order valence-electron chi connectivity index (χ1n) is 17.7. The third-order valence-corrected chi connectivity index (χ3v) is 12.0. The number of piperidine rings is 1. The molecular formula is C37H44FN7O3. The van der Waals surface area contributed by atoms with Crippen molar-refractivity contribution in [1.29, 1.82) is 0 Å². The minimum atomic E-state index is -1.11. The van der Waals surface area contributed by atoms with Gasteiger partial charge in [0.25, 0.3) is 5.91 Å². The normalized spacial score (nSPS) is 28.5. The molecule has 0 radical (unpaired) electrons. The zero-order valence-electron chi connectivity index (χ0n) is 28.1. The molecule has 1 unspecified atom stereocenters. The summed E-state index contributed by atoms with van der Waals surface area (Å²) in [5.41, 5.74) is 4.19. The van der Waals surface area contributed by atoms with Crippen molar-refractivity contribution in [2.75, 3.05) is 33.3 Å². The first kappa shape index (κ1) is 30.1. The van der Waals surface area contributed by atoms with E-state index in [4.69, 9.17) is 14.7 Å². The van der Waals surface area contributed by atoms with E-state index in [1.165, 1.54) is 12.8 Å². The highest BCUT2D eigenvalue weighted by atomic mass is 19.1. The Hall–Kier alpha value is -3.99. The van der Waals surface area contributed by atoms with Gasteiger partial charge in [-0.1, -0.05) is 0 Å². The molecule has 6 aliphatic rings. The number of amides is 2. The fraction of sp³-hybridized carbons (Fsp3) is 0.568. The number of imidazole rings is 1. The topological polar surface area (TPSA) is 106 Å². The molecule has 2 atom stereocenters. The van der Waals surface area contributed by atoms with Crippen molar-refractivity contribution in [1.82, 2.24) is 34.5 Å². The van der Waals surface area contributed by atoms with Crippen LogP contribution in [0.1, 0.15) is 86.1 Å². The molecule has 10 rings (SSSR count). The van der Waals surface area contributed by atoms with Gasteiger partial charge < -0.3 is 24.8 Å². The van der Waals surface area contributed by atoms with Crippen LogP contribution >= 0.6 is 0 Å². The summed E-state index contributed by atoms with van der Waals surface area (Å²) in [6.07, 6.45) is 6.74. The fourth-order valence-electron chi connectivity index (χ4n) is 9.11. The zero-order chi connectivity index (χ0) is 33.0. The number of alkyl halides is 1. The number of nitrogens with zero attached hydrogens (tertiary/aromatic N) is 5. The Morgan fingerprint density at radius 3 is 2.67 bits per heavy atom. The number of carbonyl (C=O) groups is 2. The van der Waals surface area contributed by atoms with Crippen LogP contribution in [-0.2, 0) is 11.3 Å². The van der Waals surface area contributed by atoms with Crippen LogP contribution in [-0.4, -0.2) is 74.6 Å². The first-order valence-corrected chi connectivity index (χ1v) is 17.7. The van der Waals surface area contributed by atoms with Gasteiger partial charge in [-0.25, -0.2) is 14.4 Å². The van der Waals surface area contributed by atoms with Crippen LogP contribution in [0, 0.1) is 23.7 Å². The third-order valence-electron chi connectivity index (χ3n) is 12.0. The van der Waals surface area contributed by atoms with Gasteiger partial charge >= 0.3 is 0 Å². The summed E-state index contributed by atoms with van der Waals surface area (Å²) in [5, 5.41) is 7.66. The van der Waals surface area contributed by atoms with E-state index in [1.807, 2.05) is 41.3 Å². The molecule has 6 heterocycles. The second kappa shape index (κ2) is 10.5. The maximum absolute atomic E-state index is 14.1. The highest BCUT2D eigenvalue weighted by Crippen LogP contribution is 2.69. The maximum atomic E-state index is 14.1. The van der Waals surface area contributed by atoms with Crippen LogP contribution in [0.4, 0.5) is 4.39 Å². The number of aryl methyl sites for hydroxylation is 1. The smallest absolute Gasteiger partial charge is 0.254 e.